The standard InChI is InChI=1S/C30H35Cl2N3O5S/c1-4-5-14-33-30(37)28(16-22-10-7-6-8-11-22)34(20-23-12-9-13-27(15-23)40-2)29(36)21-35(41(3,38)39)26-18-24(31)17-25(32)19-26/h6-13,15,17-19,28H,4-5,14,16,20-21H2,1-3H3,(H,33,37)/t28-/m1/s1. The van der Waals surface area contributed by atoms with Gasteiger partial charge in [0.25, 0.3) is 0 Å². The number of methoxy groups -OCH3 is 1. The van der Waals surface area contributed by atoms with Crippen molar-refractivity contribution in [2.45, 2.75) is 38.8 Å². The Labute approximate surface area is 252 Å². The topological polar surface area (TPSA) is 96.0 Å². The Balaban J connectivity index is 2.06. The molecule has 220 valence electrons. The summed E-state index contributed by atoms with van der Waals surface area (Å²) in [5.41, 5.74) is 1.72. The van der Waals surface area contributed by atoms with Crippen LogP contribution in [0.15, 0.2) is 72.8 Å². The molecule has 0 aliphatic carbocycles. The van der Waals surface area contributed by atoms with Crippen molar-refractivity contribution in [3.63, 3.8) is 0 Å². The summed E-state index contributed by atoms with van der Waals surface area (Å²) in [5, 5.41) is 3.40. The van der Waals surface area contributed by atoms with Gasteiger partial charge >= 0.3 is 0 Å². The zero-order chi connectivity index (χ0) is 30.0. The first-order valence-electron chi connectivity index (χ1n) is 13.2. The van der Waals surface area contributed by atoms with Crippen molar-refractivity contribution >= 4 is 50.7 Å². The molecule has 3 aromatic carbocycles. The molecular formula is C30H35Cl2N3O5S. The maximum atomic E-state index is 14.1. The zero-order valence-electron chi connectivity index (χ0n) is 23.3. The lowest BCUT2D eigenvalue weighted by molar-refractivity contribution is -0.140. The fourth-order valence-corrected chi connectivity index (χ4v) is 5.67. The summed E-state index contributed by atoms with van der Waals surface area (Å²) in [6.07, 6.45) is 2.91. The monoisotopic (exact) mass is 619 g/mol. The Morgan fingerprint density at radius 1 is 0.951 bits per heavy atom. The van der Waals surface area contributed by atoms with Crippen molar-refractivity contribution in [1.82, 2.24) is 10.2 Å². The van der Waals surface area contributed by atoms with Gasteiger partial charge in [-0.05, 0) is 47.9 Å². The number of hydrogen-bond acceptors (Lipinski definition) is 5. The number of ether oxygens (including phenoxy) is 1. The van der Waals surface area contributed by atoms with Crippen LogP contribution < -0.4 is 14.4 Å². The number of anilines is 1. The molecule has 0 spiro atoms. The van der Waals surface area contributed by atoms with Crippen molar-refractivity contribution in [3.8, 4) is 5.75 Å². The Morgan fingerprint density at radius 3 is 2.22 bits per heavy atom. The Kier molecular flexibility index (Phi) is 11.9. The highest BCUT2D eigenvalue weighted by Gasteiger charge is 2.33. The van der Waals surface area contributed by atoms with Crippen LogP contribution in [0, 0.1) is 0 Å². The molecule has 0 aliphatic rings. The van der Waals surface area contributed by atoms with Crippen LogP contribution in [-0.4, -0.2) is 57.6 Å². The van der Waals surface area contributed by atoms with Gasteiger partial charge in [-0.15, -0.1) is 0 Å². The lowest BCUT2D eigenvalue weighted by atomic mass is 10.0. The van der Waals surface area contributed by atoms with Crippen LogP contribution in [0.25, 0.3) is 0 Å². The summed E-state index contributed by atoms with van der Waals surface area (Å²) in [7, 11) is -2.39. The van der Waals surface area contributed by atoms with Crippen molar-refractivity contribution in [1.29, 1.82) is 0 Å². The largest absolute Gasteiger partial charge is 0.497 e. The van der Waals surface area contributed by atoms with Gasteiger partial charge in [0.2, 0.25) is 21.8 Å². The van der Waals surface area contributed by atoms with Crippen molar-refractivity contribution in [3.05, 3.63) is 94.0 Å². The van der Waals surface area contributed by atoms with Crippen LogP contribution in [0.1, 0.15) is 30.9 Å². The molecule has 2 amide bonds. The van der Waals surface area contributed by atoms with Gasteiger partial charge in [0, 0.05) is 29.6 Å². The molecule has 0 saturated heterocycles. The Hall–Kier alpha value is -3.27. The highest BCUT2D eigenvalue weighted by atomic mass is 35.5. The number of rotatable bonds is 14. The Morgan fingerprint density at radius 2 is 1.61 bits per heavy atom. The van der Waals surface area contributed by atoms with Crippen LogP contribution in [-0.2, 0) is 32.6 Å². The maximum Gasteiger partial charge on any atom is 0.244 e. The molecule has 0 aromatic heterocycles. The molecule has 3 rings (SSSR count). The van der Waals surface area contributed by atoms with Crippen LogP contribution in [0.3, 0.4) is 0 Å². The molecular weight excluding hydrogens is 585 g/mol. The highest BCUT2D eigenvalue weighted by molar-refractivity contribution is 7.92. The first-order valence-corrected chi connectivity index (χ1v) is 15.8. The van der Waals surface area contributed by atoms with E-state index in [1.54, 1.807) is 25.3 Å². The number of nitrogens with zero attached hydrogens (tertiary/aromatic N) is 2. The normalized spacial score (nSPS) is 11.9. The molecule has 0 radical (unpaired) electrons. The Bertz CT molecular complexity index is 1420. The van der Waals surface area contributed by atoms with E-state index in [0.29, 0.717) is 17.9 Å². The third-order valence-corrected chi connectivity index (χ3v) is 7.98. The smallest absolute Gasteiger partial charge is 0.244 e. The SMILES string of the molecule is CCCCNC(=O)[C@@H](Cc1ccccc1)N(Cc1cccc(OC)c1)C(=O)CN(c1cc(Cl)cc(Cl)c1)S(C)(=O)=O. The van der Waals surface area contributed by atoms with E-state index in [0.717, 1.165) is 29.0 Å². The van der Waals surface area contributed by atoms with Crippen molar-refractivity contribution in [2.75, 3.05) is 30.8 Å². The predicted molar refractivity (Wildman–Crippen MR) is 164 cm³/mol. The van der Waals surface area contributed by atoms with Gasteiger partial charge in [0.15, 0.2) is 0 Å². The molecule has 0 aliphatic heterocycles. The summed E-state index contributed by atoms with van der Waals surface area (Å²) in [5.74, 6) is -0.301. The number of carbonyl (C=O) groups is 2. The number of unbranched alkanes of at least 4 members (excludes halogenated alkanes) is 1. The van der Waals surface area contributed by atoms with Crippen LogP contribution in [0.4, 0.5) is 5.69 Å². The van der Waals surface area contributed by atoms with Gasteiger partial charge in [-0.1, -0.05) is 79.0 Å². The van der Waals surface area contributed by atoms with E-state index < -0.39 is 28.5 Å². The first-order chi connectivity index (χ1) is 19.5. The van der Waals surface area contributed by atoms with Gasteiger partial charge in [0.1, 0.15) is 18.3 Å². The maximum absolute atomic E-state index is 14.1. The molecule has 41 heavy (non-hydrogen) atoms. The van der Waals surface area contributed by atoms with E-state index in [2.05, 4.69) is 5.32 Å². The zero-order valence-corrected chi connectivity index (χ0v) is 25.7. The molecule has 0 saturated carbocycles. The average Bonchev–Trinajstić information content (AvgIpc) is 2.93. The number of halogens is 2. The number of amides is 2. The van der Waals surface area contributed by atoms with E-state index in [1.165, 1.54) is 23.1 Å². The summed E-state index contributed by atoms with van der Waals surface area (Å²) in [4.78, 5) is 29.2. The molecule has 1 N–H and O–H groups in total. The minimum absolute atomic E-state index is 0.0443. The second-order valence-corrected chi connectivity index (χ2v) is 12.4. The number of nitrogens with one attached hydrogen (secondary N) is 1. The van der Waals surface area contributed by atoms with Crippen LogP contribution in [0.2, 0.25) is 10.0 Å². The van der Waals surface area contributed by atoms with Crippen molar-refractivity contribution in [2.24, 2.45) is 0 Å². The molecule has 11 heteroatoms. The molecule has 8 nitrogen and oxygen atoms in total. The lowest BCUT2D eigenvalue weighted by Gasteiger charge is -2.33. The predicted octanol–water partition coefficient (Wildman–Crippen LogP) is 5.32. The highest BCUT2D eigenvalue weighted by Crippen LogP contribution is 2.28. The van der Waals surface area contributed by atoms with Gasteiger partial charge in [-0.3, -0.25) is 13.9 Å². The van der Waals surface area contributed by atoms with E-state index in [4.69, 9.17) is 27.9 Å². The van der Waals surface area contributed by atoms with E-state index >= 15 is 0 Å². The van der Waals surface area contributed by atoms with E-state index in [1.807, 2.05) is 43.3 Å². The fraction of sp³-hybridized carbons (Fsp3) is 0.333. The third kappa shape index (κ3) is 9.66. The summed E-state index contributed by atoms with van der Waals surface area (Å²) < 4.78 is 32.1. The summed E-state index contributed by atoms with van der Waals surface area (Å²) in [6, 6.07) is 20.0. The minimum atomic E-state index is -3.94. The van der Waals surface area contributed by atoms with Crippen LogP contribution in [0.5, 0.6) is 5.75 Å². The summed E-state index contributed by atoms with van der Waals surface area (Å²) in [6.45, 7) is 1.96. The van der Waals surface area contributed by atoms with E-state index in [9.17, 15) is 18.0 Å². The van der Waals surface area contributed by atoms with Gasteiger partial charge in [-0.25, -0.2) is 8.42 Å². The van der Waals surface area contributed by atoms with Gasteiger partial charge in [0.05, 0.1) is 19.1 Å². The van der Waals surface area contributed by atoms with Crippen LogP contribution >= 0.6 is 23.2 Å². The molecule has 0 fully saturated rings. The number of hydrogen-bond donors (Lipinski definition) is 1. The number of benzene rings is 3. The fourth-order valence-electron chi connectivity index (χ4n) is 4.32. The second kappa shape index (κ2) is 15.1. The van der Waals surface area contributed by atoms with Gasteiger partial charge < -0.3 is 15.0 Å². The van der Waals surface area contributed by atoms with E-state index in [-0.39, 0.29) is 34.6 Å². The lowest BCUT2D eigenvalue weighted by Crippen LogP contribution is -2.53. The number of carbonyl (C=O) groups excluding carboxylic acids is 2. The molecule has 1 atom stereocenters. The minimum Gasteiger partial charge on any atom is -0.497 e. The number of sulfonamides is 1. The second-order valence-electron chi connectivity index (χ2n) is 9.62. The molecule has 0 bridgehead atoms. The quantitative estimate of drug-likeness (QED) is 0.246. The first kappa shape index (κ1) is 32.2. The third-order valence-electron chi connectivity index (χ3n) is 6.40. The molecule has 3 aromatic rings. The molecule has 0 heterocycles. The van der Waals surface area contributed by atoms with Gasteiger partial charge in [-0.2, -0.15) is 0 Å². The average molecular weight is 621 g/mol. The molecule has 0 unspecified atom stereocenters. The van der Waals surface area contributed by atoms with Crippen molar-refractivity contribution < 1.29 is 22.7 Å². The summed E-state index contributed by atoms with van der Waals surface area (Å²) >= 11 is 12.3.